The van der Waals surface area contributed by atoms with Crippen molar-refractivity contribution in [3.63, 3.8) is 0 Å². The van der Waals surface area contributed by atoms with Gasteiger partial charge < -0.3 is 19.5 Å². The van der Waals surface area contributed by atoms with Gasteiger partial charge in [-0.2, -0.15) is 0 Å². The number of amides is 3. The molecule has 2 aliphatic heterocycles. The molecule has 9 heteroatoms. The van der Waals surface area contributed by atoms with E-state index in [1.54, 1.807) is 43.5 Å². The van der Waals surface area contributed by atoms with Crippen LogP contribution in [0.4, 0.5) is 4.79 Å². The van der Waals surface area contributed by atoms with Crippen LogP contribution in [0.1, 0.15) is 11.1 Å². The van der Waals surface area contributed by atoms with Gasteiger partial charge >= 0.3 is 0 Å². The Balaban J connectivity index is 1.30. The number of methoxy groups -OCH3 is 1. The Morgan fingerprint density at radius 1 is 1.16 bits per heavy atom. The van der Waals surface area contributed by atoms with Gasteiger partial charge in [0.25, 0.3) is 11.1 Å². The number of carbonyl (C=O) groups excluding carboxylic acids is 3. The molecule has 1 fully saturated rings. The van der Waals surface area contributed by atoms with E-state index in [1.807, 2.05) is 12.1 Å². The topological polar surface area (TPSA) is 94.2 Å². The van der Waals surface area contributed by atoms with Crippen LogP contribution in [0.15, 0.2) is 47.4 Å². The lowest BCUT2D eigenvalue weighted by Gasteiger charge is -2.13. The standard InChI is InChI=1S/C22H20N2O6S/c1-28-16-5-2-14(3-6-16)12-20(25)23-8-9-24-21(26)19(31-22(24)27)11-15-4-7-17-18(10-15)30-13-29-17/h2-7,10-11H,8-9,12-13H2,1H3,(H,23,25)/b19-11+. The molecular weight excluding hydrogens is 420 g/mol. The van der Waals surface area contributed by atoms with Crippen LogP contribution in [-0.4, -0.2) is 48.9 Å². The lowest BCUT2D eigenvalue weighted by Crippen LogP contribution is -2.37. The molecule has 31 heavy (non-hydrogen) atoms. The van der Waals surface area contributed by atoms with Crippen molar-refractivity contribution in [2.45, 2.75) is 6.42 Å². The maximum absolute atomic E-state index is 12.6. The van der Waals surface area contributed by atoms with Crippen molar-refractivity contribution < 1.29 is 28.6 Å². The number of rotatable bonds is 7. The second-order valence-electron chi connectivity index (χ2n) is 6.82. The molecule has 0 spiro atoms. The van der Waals surface area contributed by atoms with Gasteiger partial charge in [-0.3, -0.25) is 19.3 Å². The lowest BCUT2D eigenvalue weighted by atomic mass is 10.1. The summed E-state index contributed by atoms with van der Waals surface area (Å²) in [5.41, 5.74) is 1.58. The summed E-state index contributed by atoms with van der Waals surface area (Å²) in [4.78, 5) is 38.5. The fraction of sp³-hybridized carbons (Fsp3) is 0.227. The third-order valence-electron chi connectivity index (χ3n) is 4.75. The zero-order valence-electron chi connectivity index (χ0n) is 16.8. The summed E-state index contributed by atoms with van der Waals surface area (Å²) in [6.45, 7) is 0.460. The maximum atomic E-state index is 12.6. The highest BCUT2D eigenvalue weighted by atomic mass is 32.2. The molecule has 3 amide bonds. The van der Waals surface area contributed by atoms with Crippen molar-refractivity contribution in [1.82, 2.24) is 10.2 Å². The molecule has 0 atom stereocenters. The lowest BCUT2D eigenvalue weighted by molar-refractivity contribution is -0.124. The van der Waals surface area contributed by atoms with Gasteiger partial charge in [-0.25, -0.2) is 0 Å². The first kappa shape index (κ1) is 20.8. The van der Waals surface area contributed by atoms with Crippen molar-refractivity contribution in [2.75, 3.05) is 27.0 Å². The van der Waals surface area contributed by atoms with Gasteiger partial charge in [0.1, 0.15) is 5.75 Å². The molecule has 0 radical (unpaired) electrons. The molecular formula is C22H20N2O6S. The molecule has 0 saturated carbocycles. The van der Waals surface area contributed by atoms with Crippen LogP contribution in [0.5, 0.6) is 17.2 Å². The minimum absolute atomic E-state index is 0.109. The zero-order chi connectivity index (χ0) is 21.8. The SMILES string of the molecule is COc1ccc(CC(=O)NCCN2C(=O)S/C(=C/c3ccc4c(c3)OCO4)C2=O)cc1. The molecule has 160 valence electrons. The summed E-state index contributed by atoms with van der Waals surface area (Å²) in [6.07, 6.45) is 1.85. The van der Waals surface area contributed by atoms with E-state index in [1.165, 1.54) is 0 Å². The number of carbonyl (C=O) groups is 3. The maximum Gasteiger partial charge on any atom is 0.293 e. The van der Waals surface area contributed by atoms with Crippen molar-refractivity contribution in [2.24, 2.45) is 0 Å². The van der Waals surface area contributed by atoms with Crippen LogP contribution in [0.2, 0.25) is 0 Å². The third-order valence-corrected chi connectivity index (χ3v) is 5.66. The van der Waals surface area contributed by atoms with E-state index in [0.717, 1.165) is 33.5 Å². The fourth-order valence-electron chi connectivity index (χ4n) is 3.15. The summed E-state index contributed by atoms with van der Waals surface area (Å²) in [5.74, 6) is 1.41. The molecule has 2 aromatic carbocycles. The van der Waals surface area contributed by atoms with Gasteiger partial charge in [-0.1, -0.05) is 18.2 Å². The minimum atomic E-state index is -0.378. The predicted octanol–water partition coefficient (Wildman–Crippen LogP) is 2.82. The van der Waals surface area contributed by atoms with Crippen LogP contribution >= 0.6 is 11.8 Å². The Hall–Kier alpha value is -3.46. The van der Waals surface area contributed by atoms with E-state index in [-0.39, 0.29) is 43.4 Å². The molecule has 4 rings (SSSR count). The normalized spacial score (nSPS) is 16.2. The van der Waals surface area contributed by atoms with Crippen LogP contribution in [0.25, 0.3) is 6.08 Å². The molecule has 0 aromatic heterocycles. The van der Waals surface area contributed by atoms with Gasteiger partial charge in [0, 0.05) is 13.1 Å². The number of nitrogens with one attached hydrogen (secondary N) is 1. The number of nitrogens with zero attached hydrogens (tertiary/aromatic N) is 1. The summed E-state index contributed by atoms with van der Waals surface area (Å²) in [6, 6.07) is 12.5. The van der Waals surface area contributed by atoms with Crippen LogP contribution in [-0.2, 0) is 16.0 Å². The monoisotopic (exact) mass is 440 g/mol. The van der Waals surface area contributed by atoms with Crippen molar-refractivity contribution in [1.29, 1.82) is 0 Å². The number of hydrogen-bond acceptors (Lipinski definition) is 7. The molecule has 1 saturated heterocycles. The average molecular weight is 440 g/mol. The van der Waals surface area contributed by atoms with Gasteiger partial charge in [-0.05, 0) is 53.2 Å². The summed E-state index contributed by atoms with van der Waals surface area (Å²) in [5, 5.41) is 2.39. The highest BCUT2D eigenvalue weighted by molar-refractivity contribution is 8.18. The number of fused-ring (bicyclic) bond motifs is 1. The van der Waals surface area contributed by atoms with E-state index >= 15 is 0 Å². The van der Waals surface area contributed by atoms with Gasteiger partial charge in [0.05, 0.1) is 18.4 Å². The number of benzene rings is 2. The summed E-state index contributed by atoms with van der Waals surface area (Å²) >= 11 is 0.877. The first-order valence-corrected chi connectivity index (χ1v) is 10.4. The number of hydrogen-bond donors (Lipinski definition) is 1. The smallest absolute Gasteiger partial charge is 0.293 e. The van der Waals surface area contributed by atoms with Crippen LogP contribution in [0, 0.1) is 0 Å². The Morgan fingerprint density at radius 2 is 1.94 bits per heavy atom. The predicted molar refractivity (Wildman–Crippen MR) is 115 cm³/mol. The van der Waals surface area contributed by atoms with Crippen LogP contribution < -0.4 is 19.5 Å². The molecule has 0 aliphatic carbocycles. The summed E-state index contributed by atoms with van der Waals surface area (Å²) < 4.78 is 15.7. The molecule has 8 nitrogen and oxygen atoms in total. The Morgan fingerprint density at radius 3 is 2.71 bits per heavy atom. The second kappa shape index (κ2) is 9.13. The van der Waals surface area contributed by atoms with E-state index in [0.29, 0.717) is 16.4 Å². The zero-order valence-corrected chi connectivity index (χ0v) is 17.6. The molecule has 1 N–H and O–H groups in total. The fourth-order valence-corrected chi connectivity index (χ4v) is 4.01. The highest BCUT2D eigenvalue weighted by Crippen LogP contribution is 2.36. The number of ether oxygens (including phenoxy) is 3. The van der Waals surface area contributed by atoms with Crippen molar-refractivity contribution in [3.05, 3.63) is 58.5 Å². The Labute approximate surface area is 183 Å². The van der Waals surface area contributed by atoms with E-state index in [2.05, 4.69) is 5.32 Å². The highest BCUT2D eigenvalue weighted by Gasteiger charge is 2.34. The molecule has 0 unspecified atom stereocenters. The molecule has 2 aromatic rings. The number of imide groups is 1. The van der Waals surface area contributed by atoms with Crippen molar-refractivity contribution >= 4 is 34.9 Å². The molecule has 0 bridgehead atoms. The third kappa shape index (κ3) is 4.83. The second-order valence-corrected chi connectivity index (χ2v) is 7.81. The summed E-state index contributed by atoms with van der Waals surface area (Å²) in [7, 11) is 1.58. The minimum Gasteiger partial charge on any atom is -0.497 e. The van der Waals surface area contributed by atoms with E-state index in [4.69, 9.17) is 14.2 Å². The van der Waals surface area contributed by atoms with E-state index in [9.17, 15) is 14.4 Å². The van der Waals surface area contributed by atoms with Crippen molar-refractivity contribution in [3.8, 4) is 17.2 Å². The van der Waals surface area contributed by atoms with Gasteiger partial charge in [0.15, 0.2) is 11.5 Å². The molecule has 2 aliphatic rings. The number of thioether (sulfide) groups is 1. The largest absolute Gasteiger partial charge is 0.497 e. The Bertz CT molecular complexity index is 1050. The molecule has 2 heterocycles. The first-order chi connectivity index (χ1) is 15.0. The van der Waals surface area contributed by atoms with Gasteiger partial charge in [0.2, 0.25) is 12.7 Å². The Kier molecular flexibility index (Phi) is 6.13. The van der Waals surface area contributed by atoms with Crippen LogP contribution in [0.3, 0.4) is 0 Å². The first-order valence-electron chi connectivity index (χ1n) is 9.58. The quantitative estimate of drug-likeness (QED) is 0.662. The van der Waals surface area contributed by atoms with Gasteiger partial charge in [-0.15, -0.1) is 0 Å². The van der Waals surface area contributed by atoms with E-state index < -0.39 is 0 Å². The average Bonchev–Trinajstić information content (AvgIpc) is 3.33.